The quantitative estimate of drug-likeness (QED) is 0.867. The van der Waals surface area contributed by atoms with Crippen molar-refractivity contribution in [2.75, 3.05) is 6.54 Å². The summed E-state index contributed by atoms with van der Waals surface area (Å²) < 4.78 is 27.7. The average Bonchev–Trinajstić information content (AvgIpc) is 2.41. The maximum atomic E-state index is 13.9. The molecule has 0 bridgehead atoms. The molecule has 1 aromatic heterocycles. The predicted molar refractivity (Wildman–Crippen MR) is 70.0 cm³/mol. The highest BCUT2D eigenvalue weighted by molar-refractivity contribution is 6.30. The average molecular weight is 281 g/mol. The van der Waals surface area contributed by atoms with Gasteiger partial charge < -0.3 is 5.32 Å². The maximum Gasteiger partial charge on any atom is 0.150 e. The molecule has 98 valence electrons. The number of rotatable bonds is 1. The van der Waals surface area contributed by atoms with Crippen LogP contribution in [0.3, 0.4) is 0 Å². The second-order valence-corrected chi connectivity index (χ2v) is 4.90. The van der Waals surface area contributed by atoms with Gasteiger partial charge in [-0.1, -0.05) is 11.6 Å². The van der Waals surface area contributed by atoms with Gasteiger partial charge in [-0.2, -0.15) is 0 Å². The lowest BCUT2D eigenvalue weighted by atomic mass is 9.93. The van der Waals surface area contributed by atoms with Crippen LogP contribution in [0.15, 0.2) is 24.4 Å². The number of halogens is 3. The zero-order valence-electron chi connectivity index (χ0n) is 10.0. The molecule has 1 N–H and O–H groups in total. The minimum absolute atomic E-state index is 0.212. The number of benzene rings is 1. The van der Waals surface area contributed by atoms with Crippen LogP contribution in [0.1, 0.15) is 11.1 Å². The molecule has 2 heterocycles. The summed E-state index contributed by atoms with van der Waals surface area (Å²) in [5.41, 5.74) is 2.26. The summed E-state index contributed by atoms with van der Waals surface area (Å²) in [4.78, 5) is 4.03. The molecule has 1 aliphatic rings. The largest absolute Gasteiger partial charge is 0.312 e. The third-order valence-corrected chi connectivity index (χ3v) is 3.50. The number of hydrogen-bond acceptors (Lipinski definition) is 2. The summed E-state index contributed by atoms with van der Waals surface area (Å²) in [5.74, 6) is -0.735. The molecule has 0 radical (unpaired) electrons. The highest BCUT2D eigenvalue weighted by Crippen LogP contribution is 2.31. The van der Waals surface area contributed by atoms with Crippen LogP contribution in [0.2, 0.25) is 5.02 Å². The van der Waals surface area contributed by atoms with Crippen LogP contribution >= 0.6 is 11.6 Å². The second kappa shape index (κ2) is 4.87. The third kappa shape index (κ3) is 2.22. The minimum Gasteiger partial charge on any atom is -0.312 e. The van der Waals surface area contributed by atoms with Crippen LogP contribution < -0.4 is 5.32 Å². The normalized spacial score (nSPS) is 14.3. The standard InChI is InChI=1S/C14H11ClF2N2/c15-8-5-13(17)14(19-6-8)10-1-2-12(16)9-3-4-18-7-11(9)10/h1-2,5-6,18H,3-4,7H2. The van der Waals surface area contributed by atoms with Crippen molar-refractivity contribution >= 4 is 11.6 Å². The van der Waals surface area contributed by atoms with E-state index >= 15 is 0 Å². The van der Waals surface area contributed by atoms with E-state index in [1.54, 1.807) is 6.07 Å². The zero-order valence-corrected chi connectivity index (χ0v) is 10.8. The summed E-state index contributed by atoms with van der Waals surface area (Å²) in [6.07, 6.45) is 2.00. The molecule has 5 heteroatoms. The smallest absolute Gasteiger partial charge is 0.150 e. The Labute approximate surface area is 114 Å². The lowest BCUT2D eigenvalue weighted by Gasteiger charge is -2.21. The molecule has 1 aromatic carbocycles. The number of nitrogens with zero attached hydrogens (tertiary/aromatic N) is 1. The minimum atomic E-state index is -0.494. The maximum absolute atomic E-state index is 13.9. The van der Waals surface area contributed by atoms with Crippen LogP contribution in [-0.4, -0.2) is 11.5 Å². The van der Waals surface area contributed by atoms with Crippen molar-refractivity contribution in [1.29, 1.82) is 0 Å². The van der Waals surface area contributed by atoms with Gasteiger partial charge in [-0.05, 0) is 42.3 Å². The van der Waals surface area contributed by atoms with Crippen molar-refractivity contribution in [1.82, 2.24) is 10.3 Å². The van der Waals surface area contributed by atoms with Crippen LogP contribution in [-0.2, 0) is 13.0 Å². The SMILES string of the molecule is Fc1cc(Cl)cnc1-c1ccc(F)c2c1CNCC2. The fourth-order valence-electron chi connectivity index (χ4n) is 2.40. The molecule has 0 saturated carbocycles. The van der Waals surface area contributed by atoms with Crippen LogP contribution in [0, 0.1) is 11.6 Å². The third-order valence-electron chi connectivity index (χ3n) is 3.29. The Morgan fingerprint density at radius 2 is 2.00 bits per heavy atom. The van der Waals surface area contributed by atoms with E-state index in [0.717, 1.165) is 12.1 Å². The van der Waals surface area contributed by atoms with Crippen molar-refractivity contribution in [3.63, 3.8) is 0 Å². The zero-order chi connectivity index (χ0) is 13.4. The van der Waals surface area contributed by atoms with E-state index in [4.69, 9.17) is 11.6 Å². The van der Waals surface area contributed by atoms with E-state index in [1.807, 2.05) is 0 Å². The summed E-state index contributed by atoms with van der Waals surface area (Å²) in [5, 5.41) is 3.41. The lowest BCUT2D eigenvalue weighted by molar-refractivity contribution is 0.569. The first-order valence-electron chi connectivity index (χ1n) is 5.99. The van der Waals surface area contributed by atoms with Gasteiger partial charge in [0.2, 0.25) is 0 Å². The fourth-order valence-corrected chi connectivity index (χ4v) is 2.54. The van der Waals surface area contributed by atoms with Gasteiger partial charge in [0.05, 0.1) is 5.02 Å². The van der Waals surface area contributed by atoms with Crippen LogP contribution in [0.5, 0.6) is 0 Å². The lowest BCUT2D eigenvalue weighted by Crippen LogP contribution is -2.25. The molecule has 0 fully saturated rings. The van der Waals surface area contributed by atoms with Crippen LogP contribution in [0.4, 0.5) is 8.78 Å². The van der Waals surface area contributed by atoms with Gasteiger partial charge in [-0.3, -0.25) is 4.98 Å². The van der Waals surface area contributed by atoms with Crippen molar-refractivity contribution in [3.8, 4) is 11.3 Å². The molecule has 0 aliphatic carbocycles. The van der Waals surface area contributed by atoms with E-state index in [9.17, 15) is 8.78 Å². The number of aromatic nitrogens is 1. The predicted octanol–water partition coefficient (Wildman–Crippen LogP) is 3.33. The molecule has 1 aliphatic heterocycles. The molecule has 0 unspecified atom stereocenters. The molecule has 0 amide bonds. The molecule has 2 nitrogen and oxygen atoms in total. The molecule has 3 rings (SSSR count). The summed E-state index contributed by atoms with van der Waals surface area (Å²) in [6, 6.07) is 4.16. The number of pyridine rings is 1. The first-order valence-corrected chi connectivity index (χ1v) is 6.37. The van der Waals surface area contributed by atoms with Gasteiger partial charge in [0, 0.05) is 18.3 Å². The van der Waals surface area contributed by atoms with Gasteiger partial charge in [0.1, 0.15) is 11.5 Å². The summed E-state index contributed by atoms with van der Waals surface area (Å²) in [6.45, 7) is 1.25. The summed E-state index contributed by atoms with van der Waals surface area (Å²) >= 11 is 5.70. The van der Waals surface area contributed by atoms with Crippen LogP contribution in [0.25, 0.3) is 11.3 Å². The summed E-state index contributed by atoms with van der Waals surface area (Å²) in [7, 11) is 0. The topological polar surface area (TPSA) is 24.9 Å². The fraction of sp³-hybridized carbons (Fsp3) is 0.214. The first-order chi connectivity index (χ1) is 9.16. The van der Waals surface area contributed by atoms with E-state index in [1.165, 1.54) is 18.3 Å². The van der Waals surface area contributed by atoms with Crippen molar-refractivity contribution < 1.29 is 8.78 Å². The Kier molecular flexibility index (Phi) is 3.21. The Morgan fingerprint density at radius 3 is 2.79 bits per heavy atom. The Balaban J connectivity index is 2.20. The number of nitrogens with one attached hydrogen (secondary N) is 1. The van der Waals surface area contributed by atoms with Gasteiger partial charge in [0.15, 0.2) is 5.82 Å². The molecule has 19 heavy (non-hydrogen) atoms. The highest BCUT2D eigenvalue weighted by Gasteiger charge is 2.20. The monoisotopic (exact) mass is 280 g/mol. The Bertz CT molecular complexity index is 644. The van der Waals surface area contributed by atoms with Gasteiger partial charge in [-0.15, -0.1) is 0 Å². The number of hydrogen-bond donors (Lipinski definition) is 1. The Hall–Kier alpha value is -1.52. The van der Waals surface area contributed by atoms with Gasteiger partial charge in [-0.25, -0.2) is 8.78 Å². The van der Waals surface area contributed by atoms with E-state index in [-0.39, 0.29) is 16.5 Å². The first kappa shape index (κ1) is 12.5. The van der Waals surface area contributed by atoms with Crippen molar-refractivity contribution in [2.24, 2.45) is 0 Å². The number of fused-ring (bicyclic) bond motifs is 1. The van der Waals surface area contributed by atoms with Crippen molar-refractivity contribution in [2.45, 2.75) is 13.0 Å². The molecule has 0 atom stereocenters. The molecule has 2 aromatic rings. The van der Waals surface area contributed by atoms with E-state index in [0.29, 0.717) is 24.1 Å². The second-order valence-electron chi connectivity index (χ2n) is 4.46. The Morgan fingerprint density at radius 1 is 1.16 bits per heavy atom. The van der Waals surface area contributed by atoms with Crippen molar-refractivity contribution in [3.05, 3.63) is 52.2 Å². The van der Waals surface area contributed by atoms with Gasteiger partial charge >= 0.3 is 0 Å². The molecule has 0 saturated heterocycles. The molecular weight excluding hydrogens is 270 g/mol. The van der Waals surface area contributed by atoms with Gasteiger partial charge in [0.25, 0.3) is 0 Å². The highest BCUT2D eigenvalue weighted by atomic mass is 35.5. The molecule has 0 spiro atoms. The molecular formula is C14H11ClF2N2. The van der Waals surface area contributed by atoms with E-state index in [2.05, 4.69) is 10.3 Å². The van der Waals surface area contributed by atoms with E-state index < -0.39 is 5.82 Å².